The van der Waals surface area contributed by atoms with Gasteiger partial charge in [-0.1, -0.05) is 0 Å². The van der Waals surface area contributed by atoms with Gasteiger partial charge in [0.1, 0.15) is 5.75 Å². The van der Waals surface area contributed by atoms with Gasteiger partial charge in [0.05, 0.1) is 35.8 Å². The lowest BCUT2D eigenvalue weighted by Crippen LogP contribution is -2.19. The first-order valence-electron chi connectivity index (χ1n) is 12.6. The van der Waals surface area contributed by atoms with Gasteiger partial charge in [-0.25, -0.2) is 0 Å². The molecule has 2 fully saturated rings. The maximum absolute atomic E-state index is 13.9. The van der Waals surface area contributed by atoms with Crippen LogP contribution in [-0.4, -0.2) is 52.6 Å². The van der Waals surface area contributed by atoms with E-state index in [0.717, 1.165) is 79.0 Å². The normalized spacial score (nSPS) is 19.8. The largest absolute Gasteiger partial charge is 0.495 e. The van der Waals surface area contributed by atoms with E-state index in [4.69, 9.17) is 10.1 Å². The molecule has 36 heavy (non-hydrogen) atoms. The number of methoxy groups -OCH3 is 1. The average molecular weight is 499 g/mol. The average Bonchev–Trinajstić information content (AvgIpc) is 3.23. The van der Waals surface area contributed by atoms with Gasteiger partial charge in [0, 0.05) is 45.0 Å². The molecule has 1 unspecified atom stereocenters. The van der Waals surface area contributed by atoms with Crippen LogP contribution in [0.3, 0.4) is 0 Å². The molecule has 0 amide bonds. The van der Waals surface area contributed by atoms with Crippen molar-refractivity contribution in [3.8, 4) is 5.75 Å². The number of allylic oxidation sites excluding steroid dienone is 1. The van der Waals surface area contributed by atoms with Gasteiger partial charge in [0.15, 0.2) is 0 Å². The first kappa shape index (κ1) is 24.5. The minimum absolute atomic E-state index is 0.0793. The summed E-state index contributed by atoms with van der Waals surface area (Å²) >= 11 is 0. The molecule has 0 aromatic heterocycles. The molecule has 2 aromatic rings. The third-order valence-electron chi connectivity index (χ3n) is 7.59. The van der Waals surface area contributed by atoms with Gasteiger partial charge in [0.25, 0.3) is 0 Å². The second-order valence-corrected chi connectivity index (χ2v) is 10.1. The standard InChI is InChI=1S/C28H33F3N4O/c1-33(2)24-15-18(9-12-26(24)36-3)27(32)21-8-6-7-20(21)25-17-35(25)23-16-19(34-13-4-5-14-34)10-11-22(23)28(29,30)31/h9-12,15-16,25,32H,4-8,13-14,17H2,1-3H3. The molecule has 3 aliphatic rings. The molecule has 1 aliphatic carbocycles. The smallest absolute Gasteiger partial charge is 0.418 e. The van der Waals surface area contributed by atoms with Gasteiger partial charge in [-0.05, 0) is 79.6 Å². The number of hydrogen-bond acceptors (Lipinski definition) is 5. The van der Waals surface area contributed by atoms with E-state index in [0.29, 0.717) is 12.3 Å². The summed E-state index contributed by atoms with van der Waals surface area (Å²) in [6.45, 7) is 2.33. The summed E-state index contributed by atoms with van der Waals surface area (Å²) in [7, 11) is 5.49. The zero-order valence-corrected chi connectivity index (χ0v) is 21.1. The second-order valence-electron chi connectivity index (χ2n) is 10.1. The highest BCUT2D eigenvalue weighted by molar-refractivity contribution is 6.12. The van der Waals surface area contributed by atoms with Gasteiger partial charge < -0.3 is 19.4 Å². The third-order valence-corrected chi connectivity index (χ3v) is 7.59. The lowest BCUT2D eigenvalue weighted by atomic mass is 9.97. The SMILES string of the molecule is COc1ccc(C(=N)C2=C(C3CN3c3cc(N4CCCC4)ccc3C(F)(F)F)CCC2)cc1N(C)C. The molecule has 192 valence electrons. The highest BCUT2D eigenvalue weighted by atomic mass is 19.4. The predicted molar refractivity (Wildman–Crippen MR) is 139 cm³/mol. The van der Waals surface area contributed by atoms with Crippen molar-refractivity contribution in [3.63, 3.8) is 0 Å². The zero-order valence-electron chi connectivity index (χ0n) is 21.1. The Hall–Kier alpha value is -3.16. The highest BCUT2D eigenvalue weighted by Gasteiger charge is 2.45. The third kappa shape index (κ3) is 4.53. The first-order valence-corrected chi connectivity index (χ1v) is 12.6. The first-order chi connectivity index (χ1) is 17.2. The van der Waals surface area contributed by atoms with Crippen LogP contribution in [0, 0.1) is 5.41 Å². The van der Waals surface area contributed by atoms with Crippen LogP contribution in [0.1, 0.15) is 43.2 Å². The summed E-state index contributed by atoms with van der Waals surface area (Å²) < 4.78 is 47.3. The van der Waals surface area contributed by atoms with Crippen molar-refractivity contribution in [1.29, 1.82) is 5.41 Å². The van der Waals surface area contributed by atoms with Crippen LogP contribution in [-0.2, 0) is 6.18 Å². The lowest BCUT2D eigenvalue weighted by Gasteiger charge is -2.22. The summed E-state index contributed by atoms with van der Waals surface area (Å²) in [6.07, 6.45) is 0.264. The van der Waals surface area contributed by atoms with Gasteiger partial charge in [0.2, 0.25) is 0 Å². The minimum Gasteiger partial charge on any atom is -0.495 e. The number of hydrogen-bond donors (Lipinski definition) is 1. The Morgan fingerprint density at radius 3 is 2.44 bits per heavy atom. The molecular formula is C28H33F3N4O. The Bertz CT molecular complexity index is 1200. The molecular weight excluding hydrogens is 465 g/mol. The predicted octanol–water partition coefficient (Wildman–Crippen LogP) is 6.12. The maximum atomic E-state index is 13.9. The molecule has 0 bridgehead atoms. The van der Waals surface area contributed by atoms with Crippen LogP contribution >= 0.6 is 0 Å². The molecule has 1 N–H and O–H groups in total. The number of ether oxygens (including phenoxy) is 1. The van der Waals surface area contributed by atoms with Crippen LogP contribution in [0.15, 0.2) is 47.5 Å². The van der Waals surface area contributed by atoms with Crippen molar-refractivity contribution in [1.82, 2.24) is 0 Å². The minimum atomic E-state index is -4.41. The van der Waals surface area contributed by atoms with Gasteiger partial charge in [-0.15, -0.1) is 0 Å². The van der Waals surface area contributed by atoms with E-state index in [1.54, 1.807) is 19.2 Å². The molecule has 5 nitrogen and oxygen atoms in total. The number of rotatable bonds is 7. The van der Waals surface area contributed by atoms with E-state index >= 15 is 0 Å². The van der Waals surface area contributed by atoms with Crippen LogP contribution < -0.4 is 19.4 Å². The molecule has 2 aliphatic heterocycles. The Labute approximate surface area is 210 Å². The number of nitrogens with zero attached hydrogens (tertiary/aromatic N) is 3. The Balaban J connectivity index is 1.46. The quantitative estimate of drug-likeness (QED) is 0.369. The van der Waals surface area contributed by atoms with Gasteiger partial charge in [-0.3, -0.25) is 5.41 Å². The molecule has 0 radical (unpaired) electrons. The van der Waals surface area contributed by atoms with E-state index in [1.807, 2.05) is 42.1 Å². The van der Waals surface area contributed by atoms with Crippen LogP contribution in [0.2, 0.25) is 0 Å². The van der Waals surface area contributed by atoms with E-state index in [2.05, 4.69) is 4.90 Å². The van der Waals surface area contributed by atoms with Crippen molar-refractivity contribution >= 4 is 22.8 Å². The van der Waals surface area contributed by atoms with Crippen molar-refractivity contribution in [2.24, 2.45) is 0 Å². The molecule has 0 spiro atoms. The van der Waals surface area contributed by atoms with E-state index < -0.39 is 11.7 Å². The fourth-order valence-electron chi connectivity index (χ4n) is 5.66. The van der Waals surface area contributed by atoms with Gasteiger partial charge in [-0.2, -0.15) is 13.2 Å². The molecule has 8 heteroatoms. The Morgan fingerprint density at radius 1 is 1.03 bits per heavy atom. The second kappa shape index (κ2) is 9.37. The summed E-state index contributed by atoms with van der Waals surface area (Å²) in [5.41, 5.74) is 4.79. The molecule has 0 saturated carbocycles. The topological polar surface area (TPSA) is 42.6 Å². The molecule has 2 heterocycles. The fourth-order valence-corrected chi connectivity index (χ4v) is 5.66. The van der Waals surface area contributed by atoms with E-state index in [-0.39, 0.29) is 11.7 Å². The number of benzene rings is 2. The Kier molecular flexibility index (Phi) is 6.39. The van der Waals surface area contributed by atoms with Crippen molar-refractivity contribution in [2.75, 3.05) is 55.5 Å². The summed E-state index contributed by atoms with van der Waals surface area (Å²) in [5, 5.41) is 8.98. The molecule has 2 saturated heterocycles. The Morgan fingerprint density at radius 2 is 1.78 bits per heavy atom. The maximum Gasteiger partial charge on any atom is 0.418 e. The van der Waals surface area contributed by atoms with Crippen molar-refractivity contribution in [2.45, 2.75) is 44.3 Å². The zero-order chi connectivity index (χ0) is 25.6. The molecule has 5 rings (SSSR count). The summed E-state index contributed by atoms with van der Waals surface area (Å²) in [6, 6.07) is 10.2. The number of nitrogens with one attached hydrogen (secondary N) is 1. The van der Waals surface area contributed by atoms with Crippen LogP contribution in [0.25, 0.3) is 0 Å². The van der Waals surface area contributed by atoms with E-state index in [1.165, 1.54) is 6.07 Å². The van der Waals surface area contributed by atoms with E-state index in [9.17, 15) is 13.2 Å². The van der Waals surface area contributed by atoms with Crippen molar-refractivity contribution < 1.29 is 17.9 Å². The van der Waals surface area contributed by atoms with Crippen LogP contribution in [0.5, 0.6) is 5.75 Å². The summed E-state index contributed by atoms with van der Waals surface area (Å²) in [5.74, 6) is 0.739. The highest BCUT2D eigenvalue weighted by Crippen LogP contribution is 2.47. The number of alkyl halides is 3. The number of anilines is 3. The molecule has 2 aromatic carbocycles. The monoisotopic (exact) mass is 498 g/mol. The number of halogens is 3. The van der Waals surface area contributed by atoms with Crippen molar-refractivity contribution in [3.05, 3.63) is 58.7 Å². The summed E-state index contributed by atoms with van der Waals surface area (Å²) in [4.78, 5) is 5.99. The lowest BCUT2D eigenvalue weighted by molar-refractivity contribution is -0.137. The molecule has 1 atom stereocenters. The fraction of sp³-hybridized carbons (Fsp3) is 0.464. The van der Waals surface area contributed by atoms with Crippen LogP contribution in [0.4, 0.5) is 30.2 Å². The van der Waals surface area contributed by atoms with Gasteiger partial charge >= 0.3 is 6.18 Å².